The molecule has 184 valence electrons. The molecule has 0 radical (unpaired) electrons. The number of ether oxygens (including phenoxy) is 2. The molecule has 0 unspecified atom stereocenters. The monoisotopic (exact) mass is 501 g/mol. The summed E-state index contributed by atoms with van der Waals surface area (Å²) >= 11 is 0. The lowest BCUT2D eigenvalue weighted by atomic mass is 10.1. The van der Waals surface area contributed by atoms with Crippen LogP contribution in [0, 0.1) is 12.7 Å². The summed E-state index contributed by atoms with van der Waals surface area (Å²) < 4.78 is 51.9. The number of sulfonamides is 1. The predicted octanol–water partition coefficient (Wildman–Crippen LogP) is 3.08. The van der Waals surface area contributed by atoms with Crippen molar-refractivity contribution < 1.29 is 31.9 Å². The molecular weight excluding hydrogens is 477 g/mol. The van der Waals surface area contributed by atoms with Crippen LogP contribution < -0.4 is 24.8 Å². The van der Waals surface area contributed by atoms with Crippen LogP contribution in [0.3, 0.4) is 0 Å². The maximum absolute atomic E-state index is 13.6. The third-order valence-electron chi connectivity index (χ3n) is 5.22. The van der Waals surface area contributed by atoms with Crippen molar-refractivity contribution in [2.24, 2.45) is 5.73 Å². The molecule has 3 aromatic rings. The number of halogens is 1. The Labute approximate surface area is 202 Å². The largest absolute Gasteiger partial charge is 0.493 e. The fourth-order valence-corrected chi connectivity index (χ4v) is 4.82. The Kier molecular flexibility index (Phi) is 7.60. The average molecular weight is 502 g/mol. The standard InChI is InChI=1S/C24H24FN3O6S/c1-15-19(24(26)30)5-4-6-20(15)27-23(29)14-28(17-9-7-16(25)8-10-17)35(31,32)18-11-12-21(33-2)22(13-18)34-3/h4-13H,14H2,1-3H3,(H2,26,30)(H,27,29). The number of primary amides is 1. The molecule has 0 aliphatic heterocycles. The molecule has 35 heavy (non-hydrogen) atoms. The number of methoxy groups -OCH3 is 2. The Balaban J connectivity index is 2.00. The van der Waals surface area contributed by atoms with E-state index in [0.29, 0.717) is 17.0 Å². The number of anilines is 2. The predicted molar refractivity (Wildman–Crippen MR) is 129 cm³/mol. The first-order chi connectivity index (χ1) is 16.6. The number of carbonyl (C=O) groups is 2. The molecule has 3 aromatic carbocycles. The molecule has 11 heteroatoms. The number of rotatable bonds is 9. The number of carbonyl (C=O) groups excluding carboxylic acids is 2. The summed E-state index contributed by atoms with van der Waals surface area (Å²) in [4.78, 5) is 24.4. The van der Waals surface area contributed by atoms with Crippen molar-refractivity contribution in [2.45, 2.75) is 11.8 Å². The van der Waals surface area contributed by atoms with E-state index < -0.39 is 34.2 Å². The first-order valence-electron chi connectivity index (χ1n) is 10.3. The molecule has 0 heterocycles. The highest BCUT2D eigenvalue weighted by Crippen LogP contribution is 2.32. The lowest BCUT2D eigenvalue weighted by Gasteiger charge is -2.25. The average Bonchev–Trinajstić information content (AvgIpc) is 2.83. The molecule has 0 atom stereocenters. The van der Waals surface area contributed by atoms with Gasteiger partial charge in [0.1, 0.15) is 12.4 Å². The van der Waals surface area contributed by atoms with Crippen LogP contribution in [0.1, 0.15) is 15.9 Å². The fraction of sp³-hybridized carbons (Fsp3) is 0.167. The number of nitrogens with zero attached hydrogens (tertiary/aromatic N) is 1. The zero-order valence-electron chi connectivity index (χ0n) is 19.2. The van der Waals surface area contributed by atoms with Crippen molar-refractivity contribution in [3.05, 3.63) is 77.6 Å². The molecule has 0 bridgehead atoms. The van der Waals surface area contributed by atoms with Crippen molar-refractivity contribution in [3.63, 3.8) is 0 Å². The van der Waals surface area contributed by atoms with Gasteiger partial charge in [0.15, 0.2) is 11.5 Å². The smallest absolute Gasteiger partial charge is 0.264 e. The van der Waals surface area contributed by atoms with Gasteiger partial charge in [0.2, 0.25) is 11.8 Å². The molecule has 3 N–H and O–H groups in total. The Hall–Kier alpha value is -4.12. The van der Waals surface area contributed by atoms with E-state index >= 15 is 0 Å². The van der Waals surface area contributed by atoms with Gasteiger partial charge in [0.25, 0.3) is 10.0 Å². The highest BCUT2D eigenvalue weighted by Gasteiger charge is 2.28. The molecule has 0 spiro atoms. The summed E-state index contributed by atoms with van der Waals surface area (Å²) in [5.41, 5.74) is 6.38. The van der Waals surface area contributed by atoms with E-state index in [1.54, 1.807) is 19.1 Å². The first-order valence-corrected chi connectivity index (χ1v) is 11.7. The van der Waals surface area contributed by atoms with Crippen LogP contribution in [0.2, 0.25) is 0 Å². The second kappa shape index (κ2) is 10.4. The number of nitrogens with one attached hydrogen (secondary N) is 1. The summed E-state index contributed by atoms with van der Waals surface area (Å²) in [6.07, 6.45) is 0. The number of amides is 2. The van der Waals surface area contributed by atoms with Gasteiger partial charge in [-0.15, -0.1) is 0 Å². The zero-order chi connectivity index (χ0) is 25.8. The zero-order valence-corrected chi connectivity index (χ0v) is 20.1. The van der Waals surface area contributed by atoms with Gasteiger partial charge in [0.05, 0.1) is 24.8 Å². The second-order valence-corrected chi connectivity index (χ2v) is 9.26. The van der Waals surface area contributed by atoms with Gasteiger partial charge < -0.3 is 20.5 Å². The maximum Gasteiger partial charge on any atom is 0.264 e. The normalized spacial score (nSPS) is 11.0. The van der Waals surface area contributed by atoms with Crippen molar-refractivity contribution in [1.29, 1.82) is 0 Å². The third kappa shape index (κ3) is 5.52. The van der Waals surface area contributed by atoms with E-state index in [1.807, 2.05) is 0 Å². The van der Waals surface area contributed by atoms with E-state index in [9.17, 15) is 22.4 Å². The topological polar surface area (TPSA) is 128 Å². The summed E-state index contributed by atoms with van der Waals surface area (Å²) in [7, 11) is -1.53. The molecule has 0 aliphatic rings. The molecule has 0 aromatic heterocycles. The summed E-state index contributed by atoms with van der Waals surface area (Å²) in [6, 6.07) is 13.3. The maximum atomic E-state index is 13.6. The summed E-state index contributed by atoms with van der Waals surface area (Å²) in [6.45, 7) is 0.969. The molecule has 2 amide bonds. The first kappa shape index (κ1) is 25.5. The van der Waals surface area contributed by atoms with Crippen molar-refractivity contribution in [1.82, 2.24) is 0 Å². The van der Waals surface area contributed by atoms with E-state index in [0.717, 1.165) is 16.4 Å². The molecule has 9 nitrogen and oxygen atoms in total. The molecular formula is C24H24FN3O6S. The number of hydrogen-bond donors (Lipinski definition) is 2. The van der Waals surface area contributed by atoms with Gasteiger partial charge in [0, 0.05) is 17.3 Å². The van der Waals surface area contributed by atoms with Crippen LogP contribution in [0.5, 0.6) is 11.5 Å². The van der Waals surface area contributed by atoms with Gasteiger partial charge in [-0.2, -0.15) is 0 Å². The van der Waals surface area contributed by atoms with Gasteiger partial charge in [-0.3, -0.25) is 13.9 Å². The van der Waals surface area contributed by atoms with Gasteiger partial charge in [-0.25, -0.2) is 12.8 Å². The van der Waals surface area contributed by atoms with Crippen LogP contribution in [-0.4, -0.2) is 41.0 Å². The van der Waals surface area contributed by atoms with E-state index in [2.05, 4.69) is 5.32 Å². The minimum absolute atomic E-state index is 0.0685. The van der Waals surface area contributed by atoms with Gasteiger partial charge >= 0.3 is 0 Å². The summed E-state index contributed by atoms with van der Waals surface area (Å²) in [5, 5.41) is 2.61. The van der Waals surface area contributed by atoms with Crippen LogP contribution in [0.25, 0.3) is 0 Å². The molecule has 0 fully saturated rings. The van der Waals surface area contributed by atoms with Crippen molar-refractivity contribution in [3.8, 4) is 11.5 Å². The highest BCUT2D eigenvalue weighted by atomic mass is 32.2. The molecule has 0 saturated heterocycles. The summed E-state index contributed by atoms with van der Waals surface area (Å²) in [5.74, 6) is -1.43. The quantitative estimate of drug-likeness (QED) is 0.464. The van der Waals surface area contributed by atoms with Gasteiger partial charge in [-0.05, 0) is 61.0 Å². The Morgan fingerprint density at radius 3 is 2.26 bits per heavy atom. The van der Waals surface area contributed by atoms with E-state index in [4.69, 9.17) is 15.2 Å². The lowest BCUT2D eigenvalue weighted by molar-refractivity contribution is -0.114. The third-order valence-corrected chi connectivity index (χ3v) is 6.99. The van der Waals surface area contributed by atoms with Crippen molar-refractivity contribution in [2.75, 3.05) is 30.4 Å². The van der Waals surface area contributed by atoms with Gasteiger partial charge in [-0.1, -0.05) is 6.07 Å². The minimum Gasteiger partial charge on any atom is -0.493 e. The molecule has 3 rings (SSSR count). The number of hydrogen-bond acceptors (Lipinski definition) is 6. The second-order valence-electron chi connectivity index (χ2n) is 7.40. The lowest BCUT2D eigenvalue weighted by Crippen LogP contribution is -2.38. The van der Waals surface area contributed by atoms with Crippen LogP contribution in [0.15, 0.2) is 65.6 Å². The molecule has 0 saturated carbocycles. The van der Waals surface area contributed by atoms with Crippen molar-refractivity contribution >= 4 is 33.2 Å². The fourth-order valence-electron chi connectivity index (χ4n) is 3.38. The Morgan fingerprint density at radius 2 is 1.66 bits per heavy atom. The molecule has 0 aliphatic carbocycles. The Morgan fingerprint density at radius 1 is 1.00 bits per heavy atom. The Bertz CT molecular complexity index is 1360. The van der Waals surface area contributed by atoms with Crippen LogP contribution in [-0.2, 0) is 14.8 Å². The van der Waals surface area contributed by atoms with Crippen LogP contribution >= 0.6 is 0 Å². The number of nitrogens with two attached hydrogens (primary N) is 1. The van der Waals surface area contributed by atoms with E-state index in [1.165, 1.54) is 50.6 Å². The highest BCUT2D eigenvalue weighted by molar-refractivity contribution is 7.92. The van der Waals surface area contributed by atoms with E-state index in [-0.39, 0.29) is 21.9 Å². The van der Waals surface area contributed by atoms with Crippen LogP contribution in [0.4, 0.5) is 15.8 Å². The minimum atomic E-state index is -4.30. The number of benzene rings is 3. The SMILES string of the molecule is COc1ccc(S(=O)(=O)N(CC(=O)Nc2cccc(C(N)=O)c2C)c2ccc(F)cc2)cc1OC.